The molecule has 0 unspecified atom stereocenters. The van der Waals surface area contributed by atoms with Crippen LogP contribution in [0.3, 0.4) is 0 Å². The summed E-state index contributed by atoms with van der Waals surface area (Å²) >= 11 is 0. The number of carbonyl (C=O) groups is 1. The molecule has 0 fully saturated rings. The summed E-state index contributed by atoms with van der Waals surface area (Å²) < 4.78 is 65.5. The molecule has 0 N–H and O–H groups in total. The van der Waals surface area contributed by atoms with E-state index < -0.39 is 24.7 Å². The summed E-state index contributed by atoms with van der Waals surface area (Å²) in [5.41, 5.74) is 0. The van der Waals surface area contributed by atoms with E-state index in [0.29, 0.717) is 6.54 Å². The first-order valence-corrected chi connectivity index (χ1v) is 8.46. The lowest BCUT2D eigenvalue weighted by Crippen LogP contribution is -2.41. The van der Waals surface area contributed by atoms with Crippen LogP contribution in [0.1, 0.15) is 58.8 Å². The summed E-state index contributed by atoms with van der Waals surface area (Å²) in [6, 6.07) is 0. The third kappa shape index (κ3) is 10.1. The summed E-state index contributed by atoms with van der Waals surface area (Å²) in [7, 11) is 0. The maximum absolute atomic E-state index is 12.7. The van der Waals surface area contributed by atoms with Crippen LogP contribution in [0, 0.1) is 0 Å². The van der Waals surface area contributed by atoms with Crippen LogP contribution in [0.5, 0.6) is 0 Å². The van der Waals surface area contributed by atoms with E-state index in [9.17, 15) is 26.7 Å². The maximum Gasteiger partial charge on any atom is 0.456 e. The van der Waals surface area contributed by atoms with Crippen LogP contribution >= 0.6 is 0 Å². The number of ether oxygens (including phenoxy) is 1. The van der Waals surface area contributed by atoms with E-state index in [1.807, 2.05) is 4.90 Å². The molecule has 0 aliphatic rings. The Morgan fingerprint density at radius 2 is 1.38 bits per heavy atom. The van der Waals surface area contributed by atoms with Crippen molar-refractivity contribution >= 4 is 5.97 Å². The summed E-state index contributed by atoms with van der Waals surface area (Å²) in [6.45, 7) is 4.05. The van der Waals surface area contributed by atoms with Gasteiger partial charge in [0, 0.05) is 6.54 Å². The highest BCUT2D eigenvalue weighted by atomic mass is 19.4. The van der Waals surface area contributed by atoms with Crippen molar-refractivity contribution < 1.29 is 31.5 Å². The van der Waals surface area contributed by atoms with E-state index in [4.69, 9.17) is 0 Å². The Morgan fingerprint density at radius 3 is 1.79 bits per heavy atom. The summed E-state index contributed by atoms with van der Waals surface area (Å²) in [5, 5.41) is 0. The van der Waals surface area contributed by atoms with Gasteiger partial charge in [-0.15, -0.1) is 0 Å². The van der Waals surface area contributed by atoms with E-state index in [-0.39, 0.29) is 6.42 Å². The van der Waals surface area contributed by atoms with Crippen molar-refractivity contribution in [3.63, 3.8) is 0 Å². The molecule has 24 heavy (non-hydrogen) atoms. The molecule has 144 valence electrons. The van der Waals surface area contributed by atoms with Gasteiger partial charge in [0.25, 0.3) is 0 Å². The second-order valence-electron chi connectivity index (χ2n) is 5.87. The zero-order valence-corrected chi connectivity index (χ0v) is 14.4. The standard InChI is InChI=1S/C16H28F5NO2/c1-3-5-7-10-22(11-8-6-4-2)12-9-14(23)24-13-15(17,18)16(19,20)21/h3-13H2,1-2H3. The third-order valence-corrected chi connectivity index (χ3v) is 3.62. The predicted octanol–water partition coefficient (Wildman–Crippen LogP) is 4.80. The van der Waals surface area contributed by atoms with E-state index in [2.05, 4.69) is 18.6 Å². The Kier molecular flexibility index (Phi) is 11.2. The summed E-state index contributed by atoms with van der Waals surface area (Å²) in [5.74, 6) is -6.04. The van der Waals surface area contributed by atoms with Gasteiger partial charge in [-0.2, -0.15) is 22.0 Å². The first-order valence-electron chi connectivity index (χ1n) is 8.46. The van der Waals surface area contributed by atoms with Crippen molar-refractivity contribution in [3.8, 4) is 0 Å². The first kappa shape index (κ1) is 23.1. The topological polar surface area (TPSA) is 29.5 Å². The molecule has 0 aromatic heterocycles. The highest BCUT2D eigenvalue weighted by molar-refractivity contribution is 5.69. The molecule has 0 amide bonds. The zero-order valence-electron chi connectivity index (χ0n) is 14.4. The Morgan fingerprint density at radius 1 is 0.875 bits per heavy atom. The minimum absolute atomic E-state index is 0.188. The van der Waals surface area contributed by atoms with E-state index in [1.165, 1.54) is 0 Å². The molecule has 0 rings (SSSR count). The number of unbranched alkanes of at least 4 members (excludes halogenated alkanes) is 4. The Labute approximate surface area is 140 Å². The SMILES string of the molecule is CCCCCN(CCCCC)CCC(=O)OCC(F)(F)C(F)(F)F. The van der Waals surface area contributed by atoms with Crippen molar-refractivity contribution in [2.24, 2.45) is 0 Å². The number of halogens is 5. The van der Waals surface area contributed by atoms with E-state index in [0.717, 1.165) is 51.6 Å². The highest BCUT2D eigenvalue weighted by Crippen LogP contribution is 2.35. The molecule has 3 nitrogen and oxygen atoms in total. The van der Waals surface area contributed by atoms with Crippen LogP contribution in [0.2, 0.25) is 0 Å². The summed E-state index contributed by atoms with van der Waals surface area (Å²) in [6.07, 6.45) is 0.229. The second-order valence-corrected chi connectivity index (χ2v) is 5.87. The monoisotopic (exact) mass is 361 g/mol. The van der Waals surface area contributed by atoms with Crippen LogP contribution in [-0.2, 0) is 9.53 Å². The van der Waals surface area contributed by atoms with Gasteiger partial charge in [0.05, 0.1) is 6.42 Å². The van der Waals surface area contributed by atoms with E-state index in [1.54, 1.807) is 0 Å². The van der Waals surface area contributed by atoms with E-state index >= 15 is 0 Å². The van der Waals surface area contributed by atoms with Crippen LogP contribution in [0.4, 0.5) is 22.0 Å². The van der Waals surface area contributed by atoms with Crippen molar-refractivity contribution in [1.29, 1.82) is 0 Å². The fourth-order valence-electron chi connectivity index (χ4n) is 2.08. The average molecular weight is 361 g/mol. The van der Waals surface area contributed by atoms with Crippen LogP contribution in [0.25, 0.3) is 0 Å². The zero-order chi connectivity index (χ0) is 18.6. The molecule has 0 radical (unpaired) electrons. The quantitative estimate of drug-likeness (QED) is 0.268. The minimum Gasteiger partial charge on any atom is -0.459 e. The normalized spacial score (nSPS) is 12.7. The number of hydrogen-bond acceptors (Lipinski definition) is 3. The molecule has 0 aromatic rings. The van der Waals surface area contributed by atoms with Gasteiger partial charge in [-0.1, -0.05) is 39.5 Å². The number of nitrogens with zero attached hydrogens (tertiary/aromatic N) is 1. The Hall–Kier alpha value is -0.920. The molecular formula is C16H28F5NO2. The smallest absolute Gasteiger partial charge is 0.456 e. The second kappa shape index (κ2) is 11.6. The molecule has 0 saturated carbocycles. The van der Waals surface area contributed by atoms with Crippen molar-refractivity contribution in [2.75, 3.05) is 26.2 Å². The summed E-state index contributed by atoms with van der Waals surface area (Å²) in [4.78, 5) is 13.5. The minimum atomic E-state index is -5.71. The fourth-order valence-corrected chi connectivity index (χ4v) is 2.08. The molecule has 0 heterocycles. The lowest BCUT2D eigenvalue weighted by Gasteiger charge is -2.22. The predicted molar refractivity (Wildman–Crippen MR) is 82.1 cm³/mol. The van der Waals surface area contributed by atoms with Gasteiger partial charge < -0.3 is 9.64 Å². The van der Waals surface area contributed by atoms with Gasteiger partial charge in [-0.05, 0) is 25.9 Å². The molecule has 0 bridgehead atoms. The molecule has 0 aliphatic heterocycles. The fraction of sp³-hybridized carbons (Fsp3) is 0.938. The van der Waals surface area contributed by atoms with Gasteiger partial charge in [0.1, 0.15) is 0 Å². The van der Waals surface area contributed by atoms with Gasteiger partial charge in [0.2, 0.25) is 0 Å². The molecule has 0 aliphatic carbocycles. The largest absolute Gasteiger partial charge is 0.459 e. The molecule has 0 saturated heterocycles. The number of alkyl halides is 5. The highest BCUT2D eigenvalue weighted by Gasteiger charge is 2.58. The van der Waals surface area contributed by atoms with Crippen LogP contribution in [0.15, 0.2) is 0 Å². The Balaban J connectivity index is 4.23. The number of esters is 1. The van der Waals surface area contributed by atoms with Crippen molar-refractivity contribution in [2.45, 2.75) is 70.9 Å². The average Bonchev–Trinajstić information content (AvgIpc) is 2.49. The first-order chi connectivity index (χ1) is 11.1. The van der Waals surface area contributed by atoms with Gasteiger partial charge in [-0.25, -0.2) is 0 Å². The molecule has 8 heteroatoms. The Bertz CT molecular complexity index is 338. The maximum atomic E-state index is 12.7. The molecule has 0 spiro atoms. The molecule has 0 atom stereocenters. The number of carbonyl (C=O) groups excluding carboxylic acids is 1. The number of rotatable bonds is 13. The number of hydrogen-bond donors (Lipinski definition) is 0. The molecule has 0 aromatic carbocycles. The van der Waals surface area contributed by atoms with Gasteiger partial charge >= 0.3 is 18.1 Å². The van der Waals surface area contributed by atoms with Crippen molar-refractivity contribution in [3.05, 3.63) is 0 Å². The van der Waals surface area contributed by atoms with Gasteiger partial charge in [-0.3, -0.25) is 4.79 Å². The van der Waals surface area contributed by atoms with Gasteiger partial charge in [0.15, 0.2) is 6.61 Å². The third-order valence-electron chi connectivity index (χ3n) is 3.62. The van der Waals surface area contributed by atoms with Crippen LogP contribution in [-0.4, -0.2) is 49.2 Å². The molecular weight excluding hydrogens is 333 g/mol. The lowest BCUT2D eigenvalue weighted by atomic mass is 10.2. The van der Waals surface area contributed by atoms with Crippen molar-refractivity contribution in [1.82, 2.24) is 4.90 Å². The van der Waals surface area contributed by atoms with Crippen LogP contribution < -0.4 is 0 Å². The lowest BCUT2D eigenvalue weighted by molar-refractivity contribution is -0.294.